The summed E-state index contributed by atoms with van der Waals surface area (Å²) in [6.07, 6.45) is 5.67. The molecule has 0 saturated heterocycles. The van der Waals surface area contributed by atoms with Crippen LogP contribution in [0, 0.1) is 29.1 Å². The fourth-order valence-electron chi connectivity index (χ4n) is 5.77. The zero-order chi connectivity index (χ0) is 19.1. The molecule has 0 aliphatic heterocycles. The summed E-state index contributed by atoms with van der Waals surface area (Å²) in [5.41, 5.74) is -0.978. The van der Waals surface area contributed by atoms with Gasteiger partial charge in [-0.15, -0.1) is 0 Å². The van der Waals surface area contributed by atoms with Crippen molar-refractivity contribution in [2.24, 2.45) is 29.1 Å². The predicted molar refractivity (Wildman–Crippen MR) is 97.4 cm³/mol. The Morgan fingerprint density at radius 3 is 2.58 bits per heavy atom. The second-order valence-electron chi connectivity index (χ2n) is 8.98. The van der Waals surface area contributed by atoms with E-state index >= 15 is 0 Å². The molecule has 26 heavy (non-hydrogen) atoms. The van der Waals surface area contributed by atoms with E-state index in [4.69, 9.17) is 14.2 Å². The van der Waals surface area contributed by atoms with Crippen molar-refractivity contribution in [3.05, 3.63) is 0 Å². The molecule has 0 amide bonds. The van der Waals surface area contributed by atoms with Gasteiger partial charge in [0.1, 0.15) is 11.2 Å². The van der Waals surface area contributed by atoms with E-state index in [1.165, 1.54) is 13.5 Å². The first kappa shape index (κ1) is 19.8. The molecule has 5 heteroatoms. The normalized spacial score (nSPS) is 42.9. The van der Waals surface area contributed by atoms with Crippen molar-refractivity contribution in [3.63, 3.8) is 0 Å². The highest BCUT2D eigenvalue weighted by Gasteiger charge is 2.75. The number of carbonyl (C=O) groups is 2. The number of Topliss-reactive ketones (excluding diaryl/α,β-unsaturated/α-hetero) is 1. The van der Waals surface area contributed by atoms with E-state index in [2.05, 4.69) is 20.8 Å². The second-order valence-corrected chi connectivity index (χ2v) is 8.98. The Balaban J connectivity index is 1.92. The summed E-state index contributed by atoms with van der Waals surface area (Å²) in [7, 11) is 3.00. The minimum atomic E-state index is -1.03. The van der Waals surface area contributed by atoms with Crippen LogP contribution in [0.4, 0.5) is 0 Å². The summed E-state index contributed by atoms with van der Waals surface area (Å²) in [5, 5.41) is 0. The van der Waals surface area contributed by atoms with Crippen LogP contribution in [0.25, 0.3) is 0 Å². The van der Waals surface area contributed by atoms with Gasteiger partial charge in [-0.05, 0) is 43.4 Å². The van der Waals surface area contributed by atoms with E-state index in [0.717, 1.165) is 12.8 Å². The molecule has 0 aromatic rings. The highest BCUT2D eigenvalue weighted by Crippen LogP contribution is 2.64. The molecule has 0 radical (unpaired) electrons. The molecular formula is C21H34O5. The van der Waals surface area contributed by atoms with Gasteiger partial charge in [0.05, 0.1) is 13.2 Å². The SMILES string of the molecule is COC(=O)[C@@]12CCCC(=O)[C@@H]1C[C@]2(OC)O[C@@H]1C[C@H](C)CC[C@H]1C(C)C. The standard InChI is InChI=1S/C21H34O5/c1-13(2)15-9-8-14(3)11-18(15)26-21(25-5)12-16-17(22)7-6-10-20(16,21)19(23)24-4/h13-16,18H,6-12H2,1-5H3/t14-,15+,16+,18-,20-,21+/m1/s1. The van der Waals surface area contributed by atoms with Crippen LogP contribution in [-0.2, 0) is 23.8 Å². The molecule has 3 aliphatic rings. The largest absolute Gasteiger partial charge is 0.468 e. The molecular weight excluding hydrogens is 332 g/mol. The quantitative estimate of drug-likeness (QED) is 0.548. The molecule has 0 aromatic heterocycles. The molecule has 0 spiro atoms. The van der Waals surface area contributed by atoms with Crippen LogP contribution in [0.1, 0.15) is 65.7 Å². The molecule has 5 nitrogen and oxygen atoms in total. The molecule has 3 fully saturated rings. The molecule has 6 atom stereocenters. The van der Waals surface area contributed by atoms with Gasteiger partial charge in [0.15, 0.2) is 5.79 Å². The summed E-state index contributed by atoms with van der Waals surface area (Å²) < 4.78 is 17.7. The van der Waals surface area contributed by atoms with Crippen LogP contribution in [0.3, 0.4) is 0 Å². The first-order chi connectivity index (χ1) is 12.3. The van der Waals surface area contributed by atoms with E-state index < -0.39 is 11.2 Å². The van der Waals surface area contributed by atoms with Gasteiger partial charge in [-0.1, -0.05) is 27.2 Å². The molecule has 148 valence electrons. The number of esters is 1. The summed E-state index contributed by atoms with van der Waals surface area (Å²) in [4.78, 5) is 25.3. The Kier molecular flexibility index (Phi) is 5.51. The average Bonchev–Trinajstić information content (AvgIpc) is 2.60. The smallest absolute Gasteiger partial charge is 0.318 e. The number of rotatable bonds is 5. The maximum Gasteiger partial charge on any atom is 0.318 e. The lowest BCUT2D eigenvalue weighted by Gasteiger charge is -2.62. The number of hydrogen-bond donors (Lipinski definition) is 0. The van der Waals surface area contributed by atoms with Gasteiger partial charge in [0.2, 0.25) is 0 Å². The zero-order valence-corrected chi connectivity index (χ0v) is 16.9. The summed E-state index contributed by atoms with van der Waals surface area (Å²) in [6.45, 7) is 6.73. The fraction of sp³-hybridized carbons (Fsp3) is 0.905. The van der Waals surface area contributed by atoms with Crippen molar-refractivity contribution >= 4 is 11.8 Å². The summed E-state index contributed by atoms with van der Waals surface area (Å²) >= 11 is 0. The van der Waals surface area contributed by atoms with Crippen molar-refractivity contribution in [2.45, 2.75) is 77.6 Å². The second kappa shape index (κ2) is 7.23. The van der Waals surface area contributed by atoms with Crippen molar-refractivity contribution in [1.29, 1.82) is 0 Å². The van der Waals surface area contributed by atoms with Gasteiger partial charge in [-0.3, -0.25) is 9.59 Å². The Morgan fingerprint density at radius 2 is 1.96 bits per heavy atom. The highest BCUT2D eigenvalue weighted by molar-refractivity contribution is 5.93. The van der Waals surface area contributed by atoms with E-state index in [9.17, 15) is 9.59 Å². The van der Waals surface area contributed by atoms with Gasteiger partial charge < -0.3 is 14.2 Å². The lowest BCUT2D eigenvalue weighted by Crippen LogP contribution is -2.73. The lowest BCUT2D eigenvalue weighted by molar-refractivity contribution is -0.377. The van der Waals surface area contributed by atoms with Crippen LogP contribution >= 0.6 is 0 Å². The molecule has 0 aromatic carbocycles. The first-order valence-electron chi connectivity index (χ1n) is 10.2. The van der Waals surface area contributed by atoms with Gasteiger partial charge >= 0.3 is 5.97 Å². The van der Waals surface area contributed by atoms with Gasteiger partial charge in [0, 0.05) is 25.9 Å². The van der Waals surface area contributed by atoms with Gasteiger partial charge in [0.25, 0.3) is 0 Å². The topological polar surface area (TPSA) is 61.8 Å². The Hall–Kier alpha value is -0.940. The van der Waals surface area contributed by atoms with Crippen LogP contribution in [0.5, 0.6) is 0 Å². The van der Waals surface area contributed by atoms with Crippen molar-refractivity contribution in [1.82, 2.24) is 0 Å². The molecule has 0 bridgehead atoms. The van der Waals surface area contributed by atoms with E-state index in [-0.39, 0.29) is 23.8 Å². The van der Waals surface area contributed by atoms with Gasteiger partial charge in [-0.25, -0.2) is 0 Å². The van der Waals surface area contributed by atoms with E-state index in [0.29, 0.717) is 43.4 Å². The molecule has 0 unspecified atom stereocenters. The van der Waals surface area contributed by atoms with Crippen molar-refractivity contribution < 1.29 is 23.8 Å². The van der Waals surface area contributed by atoms with Crippen molar-refractivity contribution in [3.8, 4) is 0 Å². The predicted octanol–water partition coefficient (Wildman–Crippen LogP) is 3.74. The Bertz CT molecular complexity index is 559. The number of ether oxygens (including phenoxy) is 3. The maximum absolute atomic E-state index is 12.9. The van der Waals surface area contributed by atoms with Crippen LogP contribution in [-0.4, -0.2) is 37.9 Å². The number of hydrogen-bond acceptors (Lipinski definition) is 5. The van der Waals surface area contributed by atoms with Crippen molar-refractivity contribution in [2.75, 3.05) is 14.2 Å². The van der Waals surface area contributed by atoms with E-state index in [1.807, 2.05) is 0 Å². The summed E-state index contributed by atoms with van der Waals surface area (Å²) in [5.74, 6) is -0.00559. The number of methoxy groups -OCH3 is 2. The molecule has 0 heterocycles. The number of ketones is 1. The van der Waals surface area contributed by atoms with Crippen LogP contribution in [0.2, 0.25) is 0 Å². The lowest BCUT2D eigenvalue weighted by atomic mass is 9.48. The summed E-state index contributed by atoms with van der Waals surface area (Å²) in [6, 6.07) is 0. The molecule has 3 saturated carbocycles. The maximum atomic E-state index is 12.9. The third-order valence-corrected chi connectivity index (χ3v) is 7.31. The fourth-order valence-corrected chi connectivity index (χ4v) is 5.77. The Morgan fingerprint density at radius 1 is 1.23 bits per heavy atom. The van der Waals surface area contributed by atoms with Crippen LogP contribution in [0.15, 0.2) is 0 Å². The monoisotopic (exact) mass is 366 g/mol. The number of fused-ring (bicyclic) bond motifs is 1. The third-order valence-electron chi connectivity index (χ3n) is 7.31. The Labute approximate surface area is 157 Å². The number of carbonyl (C=O) groups excluding carboxylic acids is 2. The average molecular weight is 366 g/mol. The van der Waals surface area contributed by atoms with Gasteiger partial charge in [-0.2, -0.15) is 0 Å². The minimum Gasteiger partial charge on any atom is -0.468 e. The van der Waals surface area contributed by atoms with Crippen LogP contribution < -0.4 is 0 Å². The highest BCUT2D eigenvalue weighted by atomic mass is 16.7. The molecule has 3 rings (SSSR count). The third kappa shape index (κ3) is 2.82. The van der Waals surface area contributed by atoms with E-state index in [1.54, 1.807) is 7.11 Å². The first-order valence-corrected chi connectivity index (χ1v) is 10.2. The molecule has 0 N–H and O–H groups in total. The zero-order valence-electron chi connectivity index (χ0n) is 16.9. The molecule has 3 aliphatic carbocycles. The minimum absolute atomic E-state index is 0.0539.